The molecule has 0 saturated heterocycles. The van der Waals surface area contributed by atoms with E-state index in [0.29, 0.717) is 5.02 Å². The van der Waals surface area contributed by atoms with Crippen LogP contribution in [0.5, 0.6) is 0 Å². The maximum atomic E-state index is 10.6. The fraction of sp³-hybridized carbons (Fsp3) is 0.300. The lowest BCUT2D eigenvalue weighted by Crippen LogP contribution is -2.35. The van der Waals surface area contributed by atoms with Gasteiger partial charge < -0.3 is 10.8 Å². The number of benzene rings is 1. The molecule has 0 amide bonds. The molecule has 1 aromatic rings. The molecule has 1 rings (SSSR count). The van der Waals surface area contributed by atoms with E-state index in [-0.39, 0.29) is 5.92 Å². The zero-order valence-corrected chi connectivity index (χ0v) is 8.53. The smallest absolute Gasteiger partial charge is 0.321 e. The highest BCUT2D eigenvalue weighted by molar-refractivity contribution is 6.30. The lowest BCUT2D eigenvalue weighted by molar-refractivity contribution is -0.139. The molecule has 1 aromatic carbocycles. The minimum atomic E-state index is -1.00. The molecule has 0 aromatic heterocycles. The molecule has 0 radical (unpaired) electrons. The van der Waals surface area contributed by atoms with E-state index >= 15 is 0 Å². The lowest BCUT2D eigenvalue weighted by atomic mass is 9.94. The van der Waals surface area contributed by atoms with E-state index in [2.05, 4.69) is 0 Å². The number of rotatable bonds is 3. The van der Waals surface area contributed by atoms with E-state index in [0.717, 1.165) is 5.56 Å². The molecule has 3 N–H and O–H groups in total. The van der Waals surface area contributed by atoms with Gasteiger partial charge in [0.15, 0.2) is 0 Å². The molecule has 76 valence electrons. The van der Waals surface area contributed by atoms with Gasteiger partial charge in [0.25, 0.3) is 0 Å². The summed E-state index contributed by atoms with van der Waals surface area (Å²) in [7, 11) is 0. The number of carboxylic acids is 1. The number of carbonyl (C=O) groups is 1. The fourth-order valence-corrected chi connectivity index (χ4v) is 1.41. The Morgan fingerprint density at radius 1 is 1.57 bits per heavy atom. The Morgan fingerprint density at radius 2 is 2.21 bits per heavy atom. The molecule has 14 heavy (non-hydrogen) atoms. The molecule has 0 saturated carbocycles. The first-order valence-corrected chi connectivity index (χ1v) is 4.64. The zero-order chi connectivity index (χ0) is 10.7. The third-order valence-electron chi connectivity index (χ3n) is 2.20. The Kier molecular flexibility index (Phi) is 3.49. The number of hydrogen-bond acceptors (Lipinski definition) is 2. The first kappa shape index (κ1) is 11.0. The fourth-order valence-electron chi connectivity index (χ4n) is 1.21. The van der Waals surface area contributed by atoms with E-state index in [1.807, 2.05) is 6.07 Å². The van der Waals surface area contributed by atoms with Crippen LogP contribution in [0.25, 0.3) is 0 Å². The predicted octanol–water partition coefficient (Wildman–Crippen LogP) is 1.86. The first-order chi connectivity index (χ1) is 6.52. The molecule has 2 unspecified atom stereocenters. The van der Waals surface area contributed by atoms with Crippen LogP contribution in [0.15, 0.2) is 24.3 Å². The zero-order valence-electron chi connectivity index (χ0n) is 7.77. The molecule has 4 heteroatoms. The van der Waals surface area contributed by atoms with Crippen molar-refractivity contribution in [1.82, 2.24) is 0 Å². The van der Waals surface area contributed by atoms with Gasteiger partial charge in [-0.3, -0.25) is 4.79 Å². The summed E-state index contributed by atoms with van der Waals surface area (Å²) in [4.78, 5) is 10.6. The number of nitrogens with two attached hydrogens (primary N) is 1. The number of aliphatic carboxylic acids is 1. The standard InChI is InChI=1S/C10H12ClNO2/c1-6(9(12)10(13)14)7-3-2-4-8(11)5-7/h2-6,9H,12H2,1H3,(H,13,14). The van der Waals surface area contributed by atoms with Gasteiger partial charge in [0.1, 0.15) is 6.04 Å². The minimum absolute atomic E-state index is 0.244. The van der Waals surface area contributed by atoms with Crippen LogP contribution in [0.2, 0.25) is 5.02 Å². The second-order valence-electron chi connectivity index (χ2n) is 3.21. The number of carboxylic acid groups (broad SMARTS) is 1. The van der Waals surface area contributed by atoms with Crippen LogP contribution in [0.3, 0.4) is 0 Å². The van der Waals surface area contributed by atoms with E-state index in [9.17, 15) is 4.79 Å². The molecule has 0 aliphatic heterocycles. The van der Waals surface area contributed by atoms with Gasteiger partial charge in [-0.1, -0.05) is 30.7 Å². The van der Waals surface area contributed by atoms with Gasteiger partial charge in [0.05, 0.1) is 0 Å². The highest BCUT2D eigenvalue weighted by Gasteiger charge is 2.21. The third-order valence-corrected chi connectivity index (χ3v) is 2.43. The van der Waals surface area contributed by atoms with Gasteiger partial charge in [-0.25, -0.2) is 0 Å². The van der Waals surface area contributed by atoms with Crippen molar-refractivity contribution in [3.05, 3.63) is 34.9 Å². The summed E-state index contributed by atoms with van der Waals surface area (Å²) in [5.41, 5.74) is 6.34. The summed E-state index contributed by atoms with van der Waals surface area (Å²) in [6.07, 6.45) is 0. The Morgan fingerprint density at radius 3 is 2.71 bits per heavy atom. The molecule has 2 atom stereocenters. The topological polar surface area (TPSA) is 63.3 Å². The van der Waals surface area contributed by atoms with Crippen LogP contribution in [0.4, 0.5) is 0 Å². The van der Waals surface area contributed by atoms with Crippen LogP contribution in [-0.4, -0.2) is 17.1 Å². The van der Waals surface area contributed by atoms with Gasteiger partial charge in [-0.05, 0) is 17.7 Å². The van der Waals surface area contributed by atoms with Gasteiger partial charge in [0.2, 0.25) is 0 Å². The molecule has 0 heterocycles. The van der Waals surface area contributed by atoms with Crippen LogP contribution in [0.1, 0.15) is 18.4 Å². The molecule has 0 aliphatic carbocycles. The Hall–Kier alpha value is -1.06. The van der Waals surface area contributed by atoms with Crippen molar-refractivity contribution < 1.29 is 9.90 Å². The largest absolute Gasteiger partial charge is 0.480 e. The Labute approximate surface area is 87.5 Å². The van der Waals surface area contributed by atoms with Crippen molar-refractivity contribution in [1.29, 1.82) is 0 Å². The number of hydrogen-bond donors (Lipinski definition) is 2. The van der Waals surface area contributed by atoms with Gasteiger partial charge in [-0.15, -0.1) is 0 Å². The maximum Gasteiger partial charge on any atom is 0.321 e. The van der Waals surface area contributed by atoms with E-state index in [4.69, 9.17) is 22.4 Å². The Balaban J connectivity index is 2.89. The quantitative estimate of drug-likeness (QED) is 0.806. The van der Waals surface area contributed by atoms with Crippen LogP contribution in [0, 0.1) is 0 Å². The van der Waals surface area contributed by atoms with Gasteiger partial charge in [0, 0.05) is 10.9 Å². The van der Waals surface area contributed by atoms with Crippen molar-refractivity contribution in [2.24, 2.45) is 5.73 Å². The normalized spacial score (nSPS) is 14.8. The maximum absolute atomic E-state index is 10.6. The summed E-state index contributed by atoms with van der Waals surface area (Å²) in [6, 6.07) is 6.18. The van der Waals surface area contributed by atoms with E-state index in [1.54, 1.807) is 25.1 Å². The molecule has 3 nitrogen and oxygen atoms in total. The van der Waals surface area contributed by atoms with Gasteiger partial charge in [-0.2, -0.15) is 0 Å². The van der Waals surface area contributed by atoms with Gasteiger partial charge >= 0.3 is 5.97 Å². The molecular formula is C10H12ClNO2. The van der Waals surface area contributed by atoms with Crippen LogP contribution < -0.4 is 5.73 Å². The second-order valence-corrected chi connectivity index (χ2v) is 3.64. The van der Waals surface area contributed by atoms with E-state index in [1.165, 1.54) is 0 Å². The Bertz CT molecular complexity index is 341. The second kappa shape index (κ2) is 4.44. The first-order valence-electron chi connectivity index (χ1n) is 4.26. The predicted molar refractivity (Wildman–Crippen MR) is 55.5 cm³/mol. The summed E-state index contributed by atoms with van der Waals surface area (Å²) < 4.78 is 0. The lowest BCUT2D eigenvalue weighted by Gasteiger charge is -2.16. The third kappa shape index (κ3) is 2.47. The summed E-state index contributed by atoms with van der Waals surface area (Å²) in [5, 5.41) is 9.31. The monoisotopic (exact) mass is 213 g/mol. The van der Waals surface area contributed by atoms with Crippen molar-refractivity contribution in [3.8, 4) is 0 Å². The van der Waals surface area contributed by atoms with Crippen molar-refractivity contribution in [2.45, 2.75) is 18.9 Å². The molecule has 0 aliphatic rings. The van der Waals surface area contributed by atoms with E-state index < -0.39 is 12.0 Å². The van der Waals surface area contributed by atoms with Crippen LogP contribution in [-0.2, 0) is 4.79 Å². The number of halogens is 1. The van der Waals surface area contributed by atoms with Crippen molar-refractivity contribution >= 4 is 17.6 Å². The average molecular weight is 214 g/mol. The highest BCUT2D eigenvalue weighted by atomic mass is 35.5. The molecular weight excluding hydrogens is 202 g/mol. The summed E-state index contributed by atoms with van der Waals surface area (Å²) in [5.74, 6) is -1.25. The van der Waals surface area contributed by atoms with Crippen molar-refractivity contribution in [2.75, 3.05) is 0 Å². The summed E-state index contributed by atoms with van der Waals surface area (Å²) >= 11 is 5.78. The molecule has 0 fully saturated rings. The van der Waals surface area contributed by atoms with Crippen LogP contribution >= 0.6 is 11.6 Å². The molecule has 0 spiro atoms. The minimum Gasteiger partial charge on any atom is -0.480 e. The average Bonchev–Trinajstić information content (AvgIpc) is 2.15. The SMILES string of the molecule is CC(c1cccc(Cl)c1)C(N)C(=O)O. The highest BCUT2D eigenvalue weighted by Crippen LogP contribution is 2.21. The molecule has 0 bridgehead atoms. The summed E-state index contributed by atoms with van der Waals surface area (Å²) in [6.45, 7) is 1.77. The van der Waals surface area contributed by atoms with Crippen molar-refractivity contribution in [3.63, 3.8) is 0 Å².